The van der Waals surface area contributed by atoms with Gasteiger partial charge in [-0.1, -0.05) is 12.8 Å². The van der Waals surface area contributed by atoms with Gasteiger partial charge < -0.3 is 0 Å². The first kappa shape index (κ1) is 14.3. The quantitative estimate of drug-likeness (QED) is 0.786. The largest absolute Gasteiger partial charge is 0.299 e. The van der Waals surface area contributed by atoms with Crippen molar-refractivity contribution < 1.29 is 0 Å². The lowest BCUT2D eigenvalue weighted by molar-refractivity contribution is 0.322. The lowest BCUT2D eigenvalue weighted by atomic mass is 9.85. The topological polar surface area (TPSA) is 37.8 Å². The fourth-order valence-electron chi connectivity index (χ4n) is 4.32. The number of hydrogen-bond donors (Lipinski definition) is 1. The summed E-state index contributed by atoms with van der Waals surface area (Å²) >= 11 is 8.21. The van der Waals surface area contributed by atoms with Gasteiger partial charge in [-0.25, -0.2) is 4.68 Å². The standard InChI is InChI=1S/C16H23ClN2OS/c17-10-5-7-11(8-6-10)19-16(20)13-9-21-14-4-2-1-3-12(14)15(13)18-19/h10-12,14,18H,1-9H2. The smallest absolute Gasteiger partial charge is 0.271 e. The molecule has 2 aliphatic carbocycles. The second kappa shape index (κ2) is 5.69. The monoisotopic (exact) mass is 326 g/mol. The van der Waals surface area contributed by atoms with E-state index in [1.165, 1.54) is 31.4 Å². The number of aromatic amines is 1. The van der Waals surface area contributed by atoms with Crippen LogP contribution >= 0.6 is 23.4 Å². The number of thioether (sulfide) groups is 1. The Hall–Kier alpha value is -0.350. The van der Waals surface area contributed by atoms with Crippen LogP contribution in [0.25, 0.3) is 0 Å². The Balaban J connectivity index is 1.65. The third-order valence-corrected chi connectivity index (χ3v) is 7.43. The van der Waals surface area contributed by atoms with Crippen LogP contribution < -0.4 is 5.56 Å². The number of rotatable bonds is 1. The molecule has 1 aromatic rings. The summed E-state index contributed by atoms with van der Waals surface area (Å²) in [6.07, 6.45) is 9.37. The van der Waals surface area contributed by atoms with Gasteiger partial charge in [0.25, 0.3) is 5.56 Å². The molecule has 4 rings (SSSR count). The Morgan fingerprint density at radius 2 is 1.86 bits per heavy atom. The average molecular weight is 327 g/mol. The molecule has 21 heavy (non-hydrogen) atoms. The zero-order valence-corrected chi connectivity index (χ0v) is 13.9. The molecule has 2 heterocycles. The molecule has 0 spiro atoms. The summed E-state index contributed by atoms with van der Waals surface area (Å²) in [4.78, 5) is 12.8. The fraction of sp³-hybridized carbons (Fsp3) is 0.812. The van der Waals surface area contributed by atoms with E-state index in [1.54, 1.807) is 0 Å². The van der Waals surface area contributed by atoms with Crippen molar-refractivity contribution in [3.8, 4) is 0 Å². The highest BCUT2D eigenvalue weighted by Gasteiger charge is 2.36. The molecular weight excluding hydrogens is 304 g/mol. The highest BCUT2D eigenvalue weighted by Crippen LogP contribution is 2.45. The van der Waals surface area contributed by atoms with Crippen molar-refractivity contribution in [1.82, 2.24) is 9.78 Å². The predicted octanol–water partition coefficient (Wildman–Crippen LogP) is 4.17. The number of aromatic nitrogens is 2. The van der Waals surface area contributed by atoms with Crippen LogP contribution in [-0.2, 0) is 5.75 Å². The van der Waals surface area contributed by atoms with Gasteiger partial charge in [0.1, 0.15) is 0 Å². The Bertz CT molecular complexity index is 573. The molecule has 1 aliphatic heterocycles. The van der Waals surface area contributed by atoms with Crippen molar-refractivity contribution in [1.29, 1.82) is 0 Å². The minimum absolute atomic E-state index is 0.250. The molecular formula is C16H23ClN2OS. The Morgan fingerprint density at radius 1 is 1.10 bits per heavy atom. The number of alkyl halides is 1. The van der Waals surface area contributed by atoms with E-state index < -0.39 is 0 Å². The maximum atomic E-state index is 12.8. The summed E-state index contributed by atoms with van der Waals surface area (Å²) in [6, 6.07) is 0.338. The van der Waals surface area contributed by atoms with Gasteiger partial charge in [0.2, 0.25) is 0 Å². The van der Waals surface area contributed by atoms with Crippen LogP contribution in [0.5, 0.6) is 0 Å². The van der Waals surface area contributed by atoms with E-state index in [1.807, 2.05) is 16.4 Å². The average Bonchev–Trinajstić information content (AvgIpc) is 2.86. The van der Waals surface area contributed by atoms with Gasteiger partial charge in [0.15, 0.2) is 0 Å². The van der Waals surface area contributed by atoms with Crippen LogP contribution in [0.4, 0.5) is 0 Å². The molecule has 2 atom stereocenters. The van der Waals surface area contributed by atoms with Crippen molar-refractivity contribution in [2.24, 2.45) is 0 Å². The van der Waals surface area contributed by atoms with Crippen molar-refractivity contribution in [2.45, 2.75) is 79.7 Å². The van der Waals surface area contributed by atoms with Crippen molar-refractivity contribution in [2.75, 3.05) is 0 Å². The summed E-state index contributed by atoms with van der Waals surface area (Å²) in [7, 11) is 0. The summed E-state index contributed by atoms with van der Waals surface area (Å²) in [5.41, 5.74) is 2.59. The Kier molecular flexibility index (Phi) is 3.86. The van der Waals surface area contributed by atoms with E-state index in [0.29, 0.717) is 17.3 Å². The molecule has 116 valence electrons. The van der Waals surface area contributed by atoms with Gasteiger partial charge in [-0.05, 0) is 38.5 Å². The molecule has 0 aromatic carbocycles. The molecule has 1 aromatic heterocycles. The highest BCUT2D eigenvalue weighted by molar-refractivity contribution is 7.99. The number of fused-ring (bicyclic) bond motifs is 3. The SMILES string of the molecule is O=c1c2c([nH]n1C1CCC(Cl)CC1)C1CCCCC1SC2. The predicted molar refractivity (Wildman–Crippen MR) is 88.5 cm³/mol. The van der Waals surface area contributed by atoms with E-state index in [2.05, 4.69) is 5.10 Å². The van der Waals surface area contributed by atoms with Crippen LogP contribution in [0, 0.1) is 0 Å². The zero-order valence-electron chi connectivity index (χ0n) is 12.3. The van der Waals surface area contributed by atoms with E-state index >= 15 is 0 Å². The molecule has 1 N–H and O–H groups in total. The first-order valence-corrected chi connectivity index (χ1v) is 9.81. The van der Waals surface area contributed by atoms with Gasteiger partial charge in [-0.3, -0.25) is 9.89 Å². The molecule has 3 aliphatic rings. The maximum Gasteiger partial charge on any atom is 0.271 e. The molecule has 2 unspecified atom stereocenters. The zero-order chi connectivity index (χ0) is 14.4. The molecule has 0 radical (unpaired) electrons. The van der Waals surface area contributed by atoms with E-state index in [4.69, 9.17) is 11.6 Å². The molecule has 0 saturated heterocycles. The number of nitrogens with zero attached hydrogens (tertiary/aromatic N) is 1. The van der Waals surface area contributed by atoms with Gasteiger partial charge in [-0.2, -0.15) is 11.8 Å². The van der Waals surface area contributed by atoms with Gasteiger partial charge in [-0.15, -0.1) is 11.6 Å². The van der Waals surface area contributed by atoms with E-state index in [0.717, 1.165) is 42.2 Å². The van der Waals surface area contributed by atoms with Crippen LogP contribution in [0.2, 0.25) is 0 Å². The summed E-state index contributed by atoms with van der Waals surface area (Å²) in [5.74, 6) is 1.50. The Labute approximate surface area is 134 Å². The van der Waals surface area contributed by atoms with Crippen molar-refractivity contribution in [3.63, 3.8) is 0 Å². The van der Waals surface area contributed by atoms with Crippen LogP contribution in [0.1, 0.15) is 74.6 Å². The first-order chi connectivity index (χ1) is 10.2. The second-order valence-corrected chi connectivity index (χ2v) is 8.67. The normalized spacial score (nSPS) is 36.0. The maximum absolute atomic E-state index is 12.8. The number of nitrogens with one attached hydrogen (secondary N) is 1. The van der Waals surface area contributed by atoms with Crippen LogP contribution in [0.3, 0.4) is 0 Å². The highest BCUT2D eigenvalue weighted by atomic mass is 35.5. The number of halogens is 1. The minimum Gasteiger partial charge on any atom is -0.299 e. The van der Waals surface area contributed by atoms with Crippen LogP contribution in [-0.4, -0.2) is 20.4 Å². The summed E-state index contributed by atoms with van der Waals surface area (Å²) in [6.45, 7) is 0. The number of H-pyrrole nitrogens is 1. The number of hydrogen-bond acceptors (Lipinski definition) is 2. The van der Waals surface area contributed by atoms with Gasteiger partial charge in [0.05, 0.1) is 6.04 Å². The van der Waals surface area contributed by atoms with E-state index in [9.17, 15) is 4.79 Å². The van der Waals surface area contributed by atoms with E-state index in [-0.39, 0.29) is 5.56 Å². The lowest BCUT2D eigenvalue weighted by Crippen LogP contribution is -2.28. The van der Waals surface area contributed by atoms with Crippen molar-refractivity contribution >= 4 is 23.4 Å². The molecule has 2 saturated carbocycles. The minimum atomic E-state index is 0.250. The molecule has 0 amide bonds. The van der Waals surface area contributed by atoms with Gasteiger partial charge in [0, 0.05) is 33.6 Å². The second-order valence-electron chi connectivity index (χ2n) is 6.83. The molecule has 3 nitrogen and oxygen atoms in total. The Morgan fingerprint density at radius 3 is 2.67 bits per heavy atom. The van der Waals surface area contributed by atoms with Crippen LogP contribution in [0.15, 0.2) is 4.79 Å². The van der Waals surface area contributed by atoms with Crippen molar-refractivity contribution in [3.05, 3.63) is 21.6 Å². The lowest BCUT2D eigenvalue weighted by Gasteiger charge is -2.34. The third kappa shape index (κ3) is 2.48. The third-order valence-electron chi connectivity index (χ3n) is 5.55. The first-order valence-electron chi connectivity index (χ1n) is 8.33. The fourth-order valence-corrected chi connectivity index (χ4v) is 6.07. The molecule has 0 bridgehead atoms. The molecule has 2 fully saturated rings. The van der Waals surface area contributed by atoms with Gasteiger partial charge >= 0.3 is 0 Å². The summed E-state index contributed by atoms with van der Waals surface area (Å²) < 4.78 is 1.95. The summed E-state index contributed by atoms with van der Waals surface area (Å²) in [5, 5.41) is 4.57. The molecule has 5 heteroatoms.